The van der Waals surface area contributed by atoms with Gasteiger partial charge in [0.2, 0.25) is 0 Å². The third-order valence-corrected chi connectivity index (χ3v) is 6.06. The van der Waals surface area contributed by atoms with E-state index >= 15 is 0 Å². The lowest BCUT2D eigenvalue weighted by molar-refractivity contribution is -0.192. The molecule has 2 aromatic heterocycles. The second-order valence-corrected chi connectivity index (χ2v) is 8.57. The van der Waals surface area contributed by atoms with Crippen molar-refractivity contribution < 1.29 is 32.3 Å². The van der Waals surface area contributed by atoms with Crippen molar-refractivity contribution in [2.75, 3.05) is 26.2 Å². The minimum atomic E-state index is -5.08. The van der Waals surface area contributed by atoms with Gasteiger partial charge in [-0.15, -0.1) is 0 Å². The zero-order valence-electron chi connectivity index (χ0n) is 18.5. The standard InChI is InChI=1S/C20H19Cl2FN4O2.C2HF3O2/c21-15-10-17-19(28)25-11-13(27(17)18(15)22)8-12-2-3-16(23)14(9-12)20(29)26-6-1-4-24-5-7-26;3-2(4,5)1(6)7/h2-3,9-11,24H,1,4-8H2,(H,25,28);(H,6,7). The summed E-state index contributed by atoms with van der Waals surface area (Å²) in [6.45, 7) is 2.66. The van der Waals surface area contributed by atoms with E-state index in [-0.39, 0.29) is 27.2 Å². The van der Waals surface area contributed by atoms with Crippen LogP contribution in [-0.2, 0) is 11.2 Å². The van der Waals surface area contributed by atoms with Gasteiger partial charge in [0, 0.05) is 37.9 Å². The molecule has 3 heterocycles. The van der Waals surface area contributed by atoms with Gasteiger partial charge in [0.25, 0.3) is 11.5 Å². The van der Waals surface area contributed by atoms with Crippen LogP contribution in [0.2, 0.25) is 10.2 Å². The van der Waals surface area contributed by atoms with Crippen LogP contribution >= 0.6 is 23.2 Å². The quantitative estimate of drug-likeness (QED) is 0.431. The molecule has 3 N–H and O–H groups in total. The molecule has 4 rings (SSSR count). The number of amides is 1. The molecule has 1 fully saturated rings. The highest BCUT2D eigenvalue weighted by atomic mass is 35.5. The van der Waals surface area contributed by atoms with Gasteiger partial charge in [0.15, 0.2) is 0 Å². The highest BCUT2D eigenvalue weighted by molar-refractivity contribution is 6.42. The van der Waals surface area contributed by atoms with E-state index in [1.54, 1.807) is 27.6 Å². The van der Waals surface area contributed by atoms with Gasteiger partial charge in [-0.1, -0.05) is 29.3 Å². The number of carboxylic acids is 1. The lowest BCUT2D eigenvalue weighted by Crippen LogP contribution is -2.34. The predicted molar refractivity (Wildman–Crippen MR) is 124 cm³/mol. The van der Waals surface area contributed by atoms with Crippen molar-refractivity contribution in [1.82, 2.24) is 19.6 Å². The van der Waals surface area contributed by atoms with Gasteiger partial charge in [-0.2, -0.15) is 13.2 Å². The SMILES string of the molecule is O=C(O)C(F)(F)F.O=C(c1cc(Cc2c[nH]c(=O)c3cc(Cl)c(Cl)n23)ccc1F)N1CCCNCC1. The van der Waals surface area contributed by atoms with Gasteiger partial charge < -0.3 is 20.3 Å². The molecular formula is C22H20Cl2F4N4O4. The smallest absolute Gasteiger partial charge is 0.475 e. The van der Waals surface area contributed by atoms with Crippen LogP contribution in [0.3, 0.4) is 0 Å². The number of benzene rings is 1. The zero-order chi connectivity index (χ0) is 26.6. The average Bonchev–Trinajstić information content (AvgIpc) is 2.98. The molecule has 0 spiro atoms. The number of hydrogen-bond donors (Lipinski definition) is 3. The molecule has 194 valence electrons. The molecule has 0 aliphatic carbocycles. The summed E-state index contributed by atoms with van der Waals surface area (Å²) < 4.78 is 47.7. The van der Waals surface area contributed by atoms with Gasteiger partial charge >= 0.3 is 12.1 Å². The number of aromatic nitrogens is 2. The van der Waals surface area contributed by atoms with Crippen LogP contribution in [-0.4, -0.2) is 63.6 Å². The molecular weight excluding hydrogens is 531 g/mol. The van der Waals surface area contributed by atoms with Crippen LogP contribution < -0.4 is 10.9 Å². The van der Waals surface area contributed by atoms with Gasteiger partial charge in [0.05, 0.1) is 10.6 Å². The molecule has 1 saturated heterocycles. The van der Waals surface area contributed by atoms with E-state index in [0.29, 0.717) is 37.3 Å². The number of hydrogen-bond acceptors (Lipinski definition) is 4. The molecule has 0 unspecified atom stereocenters. The Morgan fingerprint density at radius 3 is 2.47 bits per heavy atom. The van der Waals surface area contributed by atoms with Crippen molar-refractivity contribution in [3.05, 3.63) is 73.6 Å². The molecule has 8 nitrogen and oxygen atoms in total. The first kappa shape index (κ1) is 27.5. The highest BCUT2D eigenvalue weighted by Gasteiger charge is 2.38. The van der Waals surface area contributed by atoms with Crippen molar-refractivity contribution in [1.29, 1.82) is 0 Å². The number of aliphatic carboxylic acids is 1. The molecule has 1 aliphatic rings. The number of nitrogens with zero attached hydrogens (tertiary/aromatic N) is 2. The number of fused-ring (bicyclic) bond motifs is 1. The number of alkyl halides is 3. The third-order valence-electron chi connectivity index (χ3n) is 5.30. The maximum atomic E-state index is 14.4. The molecule has 0 radical (unpaired) electrons. The van der Waals surface area contributed by atoms with Crippen molar-refractivity contribution in [3.63, 3.8) is 0 Å². The fourth-order valence-electron chi connectivity index (χ4n) is 3.60. The first-order valence-electron chi connectivity index (χ1n) is 10.6. The second-order valence-electron chi connectivity index (χ2n) is 7.80. The van der Waals surface area contributed by atoms with E-state index < -0.39 is 18.0 Å². The Morgan fingerprint density at radius 2 is 1.81 bits per heavy atom. The Labute approximate surface area is 211 Å². The predicted octanol–water partition coefficient (Wildman–Crippen LogP) is 3.73. The highest BCUT2D eigenvalue weighted by Crippen LogP contribution is 2.27. The summed E-state index contributed by atoms with van der Waals surface area (Å²) in [5, 5.41) is 10.9. The van der Waals surface area contributed by atoms with Gasteiger partial charge in [0.1, 0.15) is 16.5 Å². The Balaban J connectivity index is 0.000000454. The van der Waals surface area contributed by atoms with E-state index in [2.05, 4.69) is 10.3 Å². The Kier molecular flexibility index (Phi) is 8.64. The number of H-pyrrole nitrogens is 1. The Bertz CT molecular complexity index is 1330. The fourth-order valence-corrected chi connectivity index (χ4v) is 4.04. The summed E-state index contributed by atoms with van der Waals surface area (Å²) in [6.07, 6.45) is -2.38. The van der Waals surface area contributed by atoms with Crippen LogP contribution in [0, 0.1) is 5.82 Å². The van der Waals surface area contributed by atoms with Crippen LogP contribution in [0.1, 0.15) is 28.0 Å². The van der Waals surface area contributed by atoms with Crippen LogP contribution in [0.5, 0.6) is 0 Å². The lowest BCUT2D eigenvalue weighted by Gasteiger charge is -2.20. The van der Waals surface area contributed by atoms with Gasteiger partial charge in [-0.05, 0) is 36.7 Å². The molecule has 1 aliphatic heterocycles. The van der Waals surface area contributed by atoms with Gasteiger partial charge in [-0.25, -0.2) is 9.18 Å². The lowest BCUT2D eigenvalue weighted by atomic mass is 10.0. The maximum Gasteiger partial charge on any atom is 0.490 e. The van der Waals surface area contributed by atoms with Crippen LogP contribution in [0.4, 0.5) is 17.6 Å². The molecule has 0 bridgehead atoms. The minimum Gasteiger partial charge on any atom is -0.475 e. The largest absolute Gasteiger partial charge is 0.490 e. The fraction of sp³-hybridized carbons (Fsp3) is 0.318. The molecule has 36 heavy (non-hydrogen) atoms. The van der Waals surface area contributed by atoms with E-state index in [1.165, 1.54) is 12.1 Å². The Hall–Kier alpha value is -3.09. The van der Waals surface area contributed by atoms with Crippen LogP contribution in [0.15, 0.2) is 35.3 Å². The summed E-state index contributed by atoms with van der Waals surface area (Å²) in [7, 11) is 0. The summed E-state index contributed by atoms with van der Waals surface area (Å²) in [6, 6.07) is 5.98. The van der Waals surface area contributed by atoms with Crippen molar-refractivity contribution in [2.24, 2.45) is 0 Å². The molecule has 0 saturated carbocycles. The number of halogens is 6. The number of aromatic amines is 1. The third kappa shape index (κ3) is 6.37. The van der Waals surface area contributed by atoms with E-state index in [1.807, 2.05) is 0 Å². The molecule has 3 aromatic rings. The number of nitrogens with one attached hydrogen (secondary N) is 2. The maximum absolute atomic E-state index is 14.4. The molecule has 1 aromatic carbocycles. The number of rotatable bonds is 3. The molecule has 0 atom stereocenters. The summed E-state index contributed by atoms with van der Waals surface area (Å²) in [5.74, 6) is -3.63. The molecule has 1 amide bonds. The zero-order valence-corrected chi connectivity index (χ0v) is 20.0. The van der Waals surface area contributed by atoms with Crippen molar-refractivity contribution in [2.45, 2.75) is 19.0 Å². The monoisotopic (exact) mass is 550 g/mol. The van der Waals surface area contributed by atoms with Crippen molar-refractivity contribution >= 4 is 40.6 Å². The van der Waals surface area contributed by atoms with Gasteiger partial charge in [-0.3, -0.25) is 14.0 Å². The molecule has 14 heteroatoms. The Morgan fingerprint density at radius 1 is 1.11 bits per heavy atom. The normalized spacial score (nSPS) is 14.2. The van der Waals surface area contributed by atoms with E-state index in [4.69, 9.17) is 33.1 Å². The summed E-state index contributed by atoms with van der Waals surface area (Å²) in [5.41, 5.74) is 1.44. The first-order valence-corrected chi connectivity index (χ1v) is 11.3. The van der Waals surface area contributed by atoms with Crippen LogP contribution in [0.25, 0.3) is 5.52 Å². The summed E-state index contributed by atoms with van der Waals surface area (Å²) in [4.78, 5) is 38.1. The van der Waals surface area contributed by atoms with E-state index in [9.17, 15) is 27.2 Å². The first-order chi connectivity index (χ1) is 16.9. The summed E-state index contributed by atoms with van der Waals surface area (Å²) >= 11 is 12.3. The number of carbonyl (C=O) groups excluding carboxylic acids is 1. The average molecular weight is 551 g/mol. The van der Waals surface area contributed by atoms with E-state index in [0.717, 1.165) is 18.5 Å². The van der Waals surface area contributed by atoms with Crippen molar-refractivity contribution in [3.8, 4) is 0 Å². The second kappa shape index (κ2) is 11.3. The number of carbonyl (C=O) groups is 2. The topological polar surface area (TPSA) is 107 Å². The number of carboxylic acid groups (broad SMARTS) is 1. The minimum absolute atomic E-state index is 0.0432.